The summed E-state index contributed by atoms with van der Waals surface area (Å²) in [7, 11) is 0. The van der Waals surface area contributed by atoms with Gasteiger partial charge >= 0.3 is 0 Å². The molecule has 0 aliphatic carbocycles. The van der Waals surface area contributed by atoms with Crippen LogP contribution in [0.3, 0.4) is 0 Å². The standard InChI is InChI=1S/C9H16ClN3/c1-3-9(6-11-4-2)13-7-8(10)5-12-13/h5,7,9,11H,3-4,6H2,1-2H3. The van der Waals surface area contributed by atoms with Crippen LogP contribution >= 0.6 is 11.6 Å². The first-order chi connectivity index (χ1) is 6.27. The van der Waals surface area contributed by atoms with Gasteiger partial charge in [0.15, 0.2) is 0 Å². The van der Waals surface area contributed by atoms with Gasteiger partial charge in [0.05, 0.1) is 17.3 Å². The summed E-state index contributed by atoms with van der Waals surface area (Å²) in [5, 5.41) is 8.19. The highest BCUT2D eigenvalue weighted by molar-refractivity contribution is 6.30. The molecule has 1 aromatic rings. The molecule has 1 unspecified atom stereocenters. The molecule has 0 aliphatic rings. The summed E-state index contributed by atoms with van der Waals surface area (Å²) in [6, 6.07) is 0.410. The maximum absolute atomic E-state index is 5.79. The summed E-state index contributed by atoms with van der Waals surface area (Å²) in [6.45, 7) is 6.19. The molecule has 1 heterocycles. The van der Waals surface area contributed by atoms with Gasteiger partial charge in [-0.2, -0.15) is 5.10 Å². The number of hydrogen-bond acceptors (Lipinski definition) is 2. The van der Waals surface area contributed by atoms with Crippen molar-refractivity contribution in [2.75, 3.05) is 13.1 Å². The van der Waals surface area contributed by atoms with Crippen molar-refractivity contribution in [1.29, 1.82) is 0 Å². The molecular formula is C9H16ClN3. The number of nitrogens with one attached hydrogen (secondary N) is 1. The molecule has 1 aromatic heterocycles. The highest BCUT2D eigenvalue weighted by Crippen LogP contribution is 2.12. The maximum Gasteiger partial charge on any atom is 0.0785 e. The van der Waals surface area contributed by atoms with Crippen LogP contribution < -0.4 is 5.32 Å². The van der Waals surface area contributed by atoms with Crippen molar-refractivity contribution in [3.63, 3.8) is 0 Å². The number of rotatable bonds is 5. The third-order valence-electron chi connectivity index (χ3n) is 2.05. The minimum Gasteiger partial charge on any atom is -0.315 e. The molecule has 0 bridgehead atoms. The van der Waals surface area contributed by atoms with Crippen LogP contribution in [-0.4, -0.2) is 22.9 Å². The molecule has 3 nitrogen and oxygen atoms in total. The normalized spacial score (nSPS) is 13.2. The molecule has 0 aromatic carbocycles. The molecule has 1 N–H and O–H groups in total. The van der Waals surface area contributed by atoms with Crippen molar-refractivity contribution in [1.82, 2.24) is 15.1 Å². The van der Waals surface area contributed by atoms with E-state index in [2.05, 4.69) is 24.3 Å². The van der Waals surface area contributed by atoms with Gasteiger partial charge < -0.3 is 5.32 Å². The van der Waals surface area contributed by atoms with E-state index >= 15 is 0 Å². The molecular weight excluding hydrogens is 186 g/mol. The van der Waals surface area contributed by atoms with Crippen LogP contribution in [0.4, 0.5) is 0 Å². The third kappa shape index (κ3) is 3.01. The smallest absolute Gasteiger partial charge is 0.0785 e. The number of aromatic nitrogens is 2. The van der Waals surface area contributed by atoms with Crippen LogP contribution in [-0.2, 0) is 0 Å². The molecule has 1 rings (SSSR count). The molecule has 0 amide bonds. The highest BCUT2D eigenvalue weighted by Gasteiger charge is 2.08. The molecule has 0 radical (unpaired) electrons. The Bertz CT molecular complexity index is 247. The van der Waals surface area contributed by atoms with Gasteiger partial charge in [-0.3, -0.25) is 4.68 Å². The predicted molar refractivity (Wildman–Crippen MR) is 55.1 cm³/mol. The first-order valence-electron chi connectivity index (χ1n) is 4.68. The zero-order valence-corrected chi connectivity index (χ0v) is 8.88. The lowest BCUT2D eigenvalue weighted by Gasteiger charge is -2.15. The van der Waals surface area contributed by atoms with Crippen LogP contribution in [0.25, 0.3) is 0 Å². The van der Waals surface area contributed by atoms with Crippen LogP contribution in [0.5, 0.6) is 0 Å². The Morgan fingerprint density at radius 2 is 2.38 bits per heavy atom. The van der Waals surface area contributed by atoms with Crippen molar-refractivity contribution in [3.05, 3.63) is 17.4 Å². The fraction of sp³-hybridized carbons (Fsp3) is 0.667. The lowest BCUT2D eigenvalue weighted by atomic mass is 10.2. The monoisotopic (exact) mass is 201 g/mol. The number of hydrogen-bond donors (Lipinski definition) is 1. The van der Waals surface area contributed by atoms with Crippen molar-refractivity contribution >= 4 is 11.6 Å². The predicted octanol–water partition coefficient (Wildman–Crippen LogP) is 2.10. The van der Waals surface area contributed by atoms with Crippen molar-refractivity contribution < 1.29 is 0 Å². The van der Waals surface area contributed by atoms with E-state index in [4.69, 9.17) is 11.6 Å². The van der Waals surface area contributed by atoms with Gasteiger partial charge in [-0.05, 0) is 13.0 Å². The third-order valence-corrected chi connectivity index (χ3v) is 2.24. The summed E-state index contributed by atoms with van der Waals surface area (Å²) in [5.74, 6) is 0. The van der Waals surface area contributed by atoms with E-state index in [0.717, 1.165) is 19.5 Å². The number of nitrogens with zero attached hydrogens (tertiary/aromatic N) is 2. The van der Waals surface area contributed by atoms with Gasteiger partial charge in [-0.1, -0.05) is 25.4 Å². The van der Waals surface area contributed by atoms with Crippen LogP contribution in [0, 0.1) is 0 Å². The van der Waals surface area contributed by atoms with Gasteiger partial charge in [0, 0.05) is 12.7 Å². The number of likely N-dealkylation sites (N-methyl/N-ethyl adjacent to an activating group) is 1. The second kappa shape index (κ2) is 5.25. The summed E-state index contributed by atoms with van der Waals surface area (Å²) in [6.07, 6.45) is 4.61. The van der Waals surface area contributed by atoms with Gasteiger partial charge in [0.1, 0.15) is 0 Å². The largest absolute Gasteiger partial charge is 0.315 e. The second-order valence-electron chi connectivity index (χ2n) is 3.01. The zero-order valence-electron chi connectivity index (χ0n) is 8.13. The summed E-state index contributed by atoms with van der Waals surface area (Å²) in [5.41, 5.74) is 0. The minimum atomic E-state index is 0.410. The van der Waals surface area contributed by atoms with Crippen LogP contribution in [0.2, 0.25) is 5.02 Å². The van der Waals surface area contributed by atoms with Crippen molar-refractivity contribution in [3.8, 4) is 0 Å². The fourth-order valence-electron chi connectivity index (χ4n) is 1.25. The molecule has 0 fully saturated rings. The Labute approximate surface area is 84.1 Å². The average Bonchev–Trinajstić information content (AvgIpc) is 2.54. The van der Waals surface area contributed by atoms with Gasteiger partial charge in [-0.15, -0.1) is 0 Å². The first kappa shape index (κ1) is 10.5. The fourth-order valence-corrected chi connectivity index (χ4v) is 1.39. The molecule has 74 valence electrons. The van der Waals surface area contributed by atoms with E-state index in [1.54, 1.807) is 6.20 Å². The Morgan fingerprint density at radius 3 is 2.85 bits per heavy atom. The molecule has 0 spiro atoms. The minimum absolute atomic E-state index is 0.410. The molecule has 0 saturated heterocycles. The Kier molecular flexibility index (Phi) is 4.25. The highest BCUT2D eigenvalue weighted by atomic mass is 35.5. The lowest BCUT2D eigenvalue weighted by molar-refractivity contribution is 0.416. The van der Waals surface area contributed by atoms with Gasteiger partial charge in [0.2, 0.25) is 0 Å². The van der Waals surface area contributed by atoms with E-state index in [1.165, 1.54) is 0 Å². The molecule has 1 atom stereocenters. The van der Waals surface area contributed by atoms with Crippen molar-refractivity contribution in [2.24, 2.45) is 0 Å². The maximum atomic E-state index is 5.79. The van der Waals surface area contributed by atoms with E-state index in [0.29, 0.717) is 11.1 Å². The molecule has 0 saturated carbocycles. The van der Waals surface area contributed by atoms with Gasteiger partial charge in [-0.25, -0.2) is 0 Å². The van der Waals surface area contributed by atoms with E-state index in [1.807, 2.05) is 10.9 Å². The zero-order chi connectivity index (χ0) is 9.68. The van der Waals surface area contributed by atoms with E-state index in [-0.39, 0.29) is 0 Å². The molecule has 0 aliphatic heterocycles. The van der Waals surface area contributed by atoms with Crippen LogP contribution in [0.1, 0.15) is 26.3 Å². The summed E-state index contributed by atoms with van der Waals surface area (Å²) >= 11 is 5.79. The van der Waals surface area contributed by atoms with E-state index in [9.17, 15) is 0 Å². The number of halogens is 1. The van der Waals surface area contributed by atoms with Gasteiger partial charge in [0.25, 0.3) is 0 Å². The lowest BCUT2D eigenvalue weighted by Crippen LogP contribution is -2.25. The second-order valence-corrected chi connectivity index (χ2v) is 3.44. The SMILES string of the molecule is CCNCC(CC)n1cc(Cl)cn1. The molecule has 13 heavy (non-hydrogen) atoms. The quantitative estimate of drug-likeness (QED) is 0.791. The first-order valence-corrected chi connectivity index (χ1v) is 5.06. The summed E-state index contributed by atoms with van der Waals surface area (Å²) in [4.78, 5) is 0. The van der Waals surface area contributed by atoms with Crippen LogP contribution in [0.15, 0.2) is 12.4 Å². The summed E-state index contributed by atoms with van der Waals surface area (Å²) < 4.78 is 1.92. The Morgan fingerprint density at radius 1 is 1.62 bits per heavy atom. The Balaban J connectivity index is 2.56. The van der Waals surface area contributed by atoms with Crippen molar-refractivity contribution in [2.45, 2.75) is 26.3 Å². The van der Waals surface area contributed by atoms with E-state index < -0.39 is 0 Å². The topological polar surface area (TPSA) is 29.9 Å². The molecule has 4 heteroatoms. The average molecular weight is 202 g/mol. The Hall–Kier alpha value is -0.540.